The zero-order valence-electron chi connectivity index (χ0n) is 22.3. The Balaban J connectivity index is 1.72. The maximum atomic E-state index is 13.7. The number of carbonyl (C=O) groups excluding carboxylic acids is 2. The Bertz CT molecular complexity index is 1400. The lowest BCUT2D eigenvalue weighted by Gasteiger charge is -2.24. The summed E-state index contributed by atoms with van der Waals surface area (Å²) in [6.07, 6.45) is 0. The average Bonchev–Trinajstić information content (AvgIpc) is 3.49. The first-order valence-corrected chi connectivity index (χ1v) is 14.1. The van der Waals surface area contributed by atoms with Gasteiger partial charge in [0.25, 0.3) is 0 Å². The standard InChI is InChI=1S/C28H31ClN4O5S/c1-28(2,3)26-24-25(17-9-10-20-21(13-17)38-16-37-20)39-15-23(35)32(14-22(34)30-11-12-36-4)27(24)33(31-26)19-8-6-5-7-18(19)29/h5-10,13,25H,11-12,14-16H2,1-4H3,(H,30,34). The van der Waals surface area contributed by atoms with E-state index in [4.69, 9.17) is 30.9 Å². The predicted octanol–water partition coefficient (Wildman–Crippen LogP) is 4.48. The van der Waals surface area contributed by atoms with Crippen LogP contribution in [0.25, 0.3) is 5.69 Å². The van der Waals surface area contributed by atoms with E-state index in [0.29, 0.717) is 41.2 Å². The summed E-state index contributed by atoms with van der Waals surface area (Å²) in [7, 11) is 1.57. The number of anilines is 1. The van der Waals surface area contributed by atoms with Gasteiger partial charge in [0.05, 0.1) is 34.0 Å². The fourth-order valence-corrected chi connectivity index (χ4v) is 6.10. The molecule has 3 heterocycles. The number of thioether (sulfide) groups is 1. The highest BCUT2D eigenvalue weighted by molar-refractivity contribution is 8.00. The van der Waals surface area contributed by atoms with Gasteiger partial charge in [-0.05, 0) is 29.8 Å². The lowest BCUT2D eigenvalue weighted by Crippen LogP contribution is -2.43. The van der Waals surface area contributed by atoms with Crippen LogP contribution in [0.3, 0.4) is 0 Å². The Labute approximate surface area is 236 Å². The molecule has 39 heavy (non-hydrogen) atoms. The van der Waals surface area contributed by atoms with Crippen molar-refractivity contribution in [2.24, 2.45) is 0 Å². The molecular formula is C28H31ClN4O5S. The topological polar surface area (TPSA) is 94.9 Å². The van der Waals surface area contributed by atoms with Gasteiger partial charge in [-0.25, -0.2) is 4.68 Å². The summed E-state index contributed by atoms with van der Waals surface area (Å²) in [6, 6.07) is 13.2. The fraction of sp³-hybridized carbons (Fsp3) is 0.393. The van der Waals surface area contributed by atoms with E-state index in [2.05, 4.69) is 26.1 Å². The number of fused-ring (bicyclic) bond motifs is 2. The zero-order chi connectivity index (χ0) is 27.7. The highest BCUT2D eigenvalue weighted by Gasteiger charge is 2.40. The Morgan fingerprint density at radius 1 is 1.21 bits per heavy atom. The molecule has 3 aromatic rings. The molecule has 5 rings (SSSR count). The van der Waals surface area contributed by atoms with Crippen molar-refractivity contribution in [3.8, 4) is 17.2 Å². The van der Waals surface area contributed by atoms with Crippen LogP contribution in [0, 0.1) is 0 Å². The highest BCUT2D eigenvalue weighted by atomic mass is 35.5. The van der Waals surface area contributed by atoms with Crippen LogP contribution in [0.5, 0.6) is 11.5 Å². The first-order chi connectivity index (χ1) is 18.7. The molecule has 0 fully saturated rings. The molecule has 2 aliphatic heterocycles. The number of para-hydroxylation sites is 1. The Morgan fingerprint density at radius 2 is 1.97 bits per heavy atom. The minimum absolute atomic E-state index is 0.163. The molecule has 0 spiro atoms. The second-order valence-electron chi connectivity index (χ2n) is 10.3. The third-order valence-corrected chi connectivity index (χ3v) is 8.08. The van der Waals surface area contributed by atoms with Crippen molar-refractivity contribution in [2.45, 2.75) is 31.4 Å². The number of halogens is 1. The Morgan fingerprint density at radius 3 is 2.72 bits per heavy atom. The van der Waals surface area contributed by atoms with Gasteiger partial charge in [0.15, 0.2) is 11.5 Å². The van der Waals surface area contributed by atoms with E-state index in [1.165, 1.54) is 16.7 Å². The van der Waals surface area contributed by atoms with E-state index in [0.717, 1.165) is 16.8 Å². The van der Waals surface area contributed by atoms with E-state index in [1.807, 2.05) is 36.4 Å². The van der Waals surface area contributed by atoms with Crippen molar-refractivity contribution in [3.05, 3.63) is 64.3 Å². The molecule has 0 bridgehead atoms. The lowest BCUT2D eigenvalue weighted by molar-refractivity contribution is -0.123. The number of amides is 2. The average molecular weight is 571 g/mol. The molecule has 0 aliphatic carbocycles. The number of ether oxygens (including phenoxy) is 3. The van der Waals surface area contributed by atoms with Gasteiger partial charge in [0.2, 0.25) is 18.6 Å². The molecule has 11 heteroatoms. The molecular weight excluding hydrogens is 540 g/mol. The molecule has 2 aromatic carbocycles. The van der Waals surface area contributed by atoms with Crippen molar-refractivity contribution in [1.82, 2.24) is 15.1 Å². The summed E-state index contributed by atoms with van der Waals surface area (Å²) < 4.78 is 18.0. The van der Waals surface area contributed by atoms with Gasteiger partial charge >= 0.3 is 0 Å². The van der Waals surface area contributed by atoms with Crippen LogP contribution in [0.2, 0.25) is 5.02 Å². The number of hydrogen-bond donors (Lipinski definition) is 1. The number of nitrogens with zero attached hydrogens (tertiary/aromatic N) is 3. The third-order valence-electron chi connectivity index (χ3n) is 6.51. The van der Waals surface area contributed by atoms with Crippen LogP contribution in [-0.2, 0) is 19.7 Å². The van der Waals surface area contributed by atoms with Gasteiger partial charge in [-0.3, -0.25) is 14.5 Å². The molecule has 2 amide bonds. The predicted molar refractivity (Wildman–Crippen MR) is 151 cm³/mol. The minimum Gasteiger partial charge on any atom is -0.454 e. The second-order valence-corrected chi connectivity index (χ2v) is 11.8. The molecule has 1 N–H and O–H groups in total. The molecule has 9 nitrogen and oxygen atoms in total. The quantitative estimate of drug-likeness (QED) is 0.418. The summed E-state index contributed by atoms with van der Waals surface area (Å²) in [5.41, 5.74) is 2.87. The van der Waals surface area contributed by atoms with Crippen LogP contribution >= 0.6 is 23.4 Å². The van der Waals surface area contributed by atoms with Crippen molar-refractivity contribution in [2.75, 3.05) is 44.3 Å². The lowest BCUT2D eigenvalue weighted by atomic mass is 9.87. The molecule has 1 aromatic heterocycles. The van der Waals surface area contributed by atoms with Crippen LogP contribution in [-0.4, -0.2) is 60.9 Å². The third kappa shape index (κ3) is 5.46. The van der Waals surface area contributed by atoms with E-state index in [9.17, 15) is 9.59 Å². The maximum absolute atomic E-state index is 13.7. The summed E-state index contributed by atoms with van der Waals surface area (Å²) in [6.45, 7) is 6.98. The smallest absolute Gasteiger partial charge is 0.240 e. The number of carbonyl (C=O) groups is 2. The monoisotopic (exact) mass is 570 g/mol. The van der Waals surface area contributed by atoms with Crippen LogP contribution in [0.4, 0.5) is 5.82 Å². The van der Waals surface area contributed by atoms with Gasteiger partial charge in [-0.1, -0.05) is 50.6 Å². The van der Waals surface area contributed by atoms with Crippen molar-refractivity contribution in [3.63, 3.8) is 0 Å². The number of methoxy groups -OCH3 is 1. The van der Waals surface area contributed by atoms with E-state index < -0.39 is 0 Å². The zero-order valence-corrected chi connectivity index (χ0v) is 23.9. The van der Waals surface area contributed by atoms with Crippen molar-refractivity contribution >= 4 is 41.0 Å². The van der Waals surface area contributed by atoms with Crippen LogP contribution < -0.4 is 19.7 Å². The second kappa shape index (κ2) is 11.1. The van der Waals surface area contributed by atoms with Gasteiger partial charge in [-0.15, -0.1) is 11.8 Å². The van der Waals surface area contributed by atoms with Gasteiger partial charge in [0.1, 0.15) is 12.4 Å². The first-order valence-electron chi connectivity index (χ1n) is 12.6. The first kappa shape index (κ1) is 27.4. The Hall–Kier alpha value is -3.21. The summed E-state index contributed by atoms with van der Waals surface area (Å²) in [5.74, 6) is 1.57. The highest BCUT2D eigenvalue weighted by Crippen LogP contribution is 2.50. The fourth-order valence-electron chi connectivity index (χ4n) is 4.70. The molecule has 2 aliphatic rings. The Kier molecular flexibility index (Phi) is 7.80. The number of hydrogen-bond acceptors (Lipinski definition) is 7. The minimum atomic E-state index is -0.383. The summed E-state index contributed by atoms with van der Waals surface area (Å²) in [5, 5.41) is 8.12. The van der Waals surface area contributed by atoms with Gasteiger partial charge in [0, 0.05) is 24.6 Å². The largest absolute Gasteiger partial charge is 0.454 e. The molecule has 1 unspecified atom stereocenters. The molecule has 0 saturated carbocycles. The molecule has 0 radical (unpaired) electrons. The van der Waals surface area contributed by atoms with E-state index in [-0.39, 0.29) is 41.6 Å². The number of rotatable bonds is 7. The maximum Gasteiger partial charge on any atom is 0.240 e. The van der Waals surface area contributed by atoms with E-state index >= 15 is 0 Å². The molecule has 1 atom stereocenters. The number of aromatic nitrogens is 2. The van der Waals surface area contributed by atoms with Gasteiger partial charge in [-0.2, -0.15) is 5.10 Å². The van der Waals surface area contributed by atoms with Crippen molar-refractivity contribution in [1.29, 1.82) is 0 Å². The number of benzene rings is 2. The molecule has 206 valence electrons. The number of nitrogens with one attached hydrogen (secondary N) is 1. The SMILES string of the molecule is COCCNC(=O)CN1C(=O)CSC(c2ccc3c(c2)OCO3)c2c(C(C)(C)C)nn(-c3ccccc3Cl)c21. The summed E-state index contributed by atoms with van der Waals surface area (Å²) in [4.78, 5) is 28.2. The normalized spacial score (nSPS) is 16.7. The van der Waals surface area contributed by atoms with Gasteiger partial charge < -0.3 is 19.5 Å². The summed E-state index contributed by atoms with van der Waals surface area (Å²) >= 11 is 8.17. The van der Waals surface area contributed by atoms with Crippen LogP contribution in [0.1, 0.15) is 42.8 Å². The van der Waals surface area contributed by atoms with Crippen molar-refractivity contribution < 1.29 is 23.8 Å². The van der Waals surface area contributed by atoms with E-state index in [1.54, 1.807) is 17.9 Å². The molecule has 0 saturated heterocycles. The van der Waals surface area contributed by atoms with Crippen LogP contribution in [0.15, 0.2) is 42.5 Å².